The minimum Gasteiger partial charge on any atom is -0.462 e. The van der Waals surface area contributed by atoms with Gasteiger partial charge in [0.25, 0.3) is 5.91 Å². The van der Waals surface area contributed by atoms with Crippen LogP contribution >= 0.6 is 0 Å². The minimum atomic E-state index is -0.640. The molecule has 0 unspecified atom stereocenters. The van der Waals surface area contributed by atoms with Crippen LogP contribution in [0.5, 0.6) is 0 Å². The summed E-state index contributed by atoms with van der Waals surface area (Å²) in [4.78, 5) is 49.2. The molecule has 1 aromatic rings. The van der Waals surface area contributed by atoms with Crippen LogP contribution in [0.4, 0.5) is 5.69 Å². The molecule has 146 valence electrons. The molecule has 1 fully saturated rings. The van der Waals surface area contributed by atoms with E-state index in [1.165, 1.54) is 11.0 Å². The number of para-hydroxylation sites is 1. The van der Waals surface area contributed by atoms with Crippen LogP contribution in [-0.4, -0.2) is 55.0 Å². The summed E-state index contributed by atoms with van der Waals surface area (Å²) >= 11 is 0. The average Bonchev–Trinajstić information content (AvgIpc) is 2.85. The van der Waals surface area contributed by atoms with Crippen molar-refractivity contribution in [1.29, 1.82) is 0 Å². The van der Waals surface area contributed by atoms with Crippen molar-refractivity contribution in [3.63, 3.8) is 0 Å². The lowest BCUT2D eigenvalue weighted by molar-refractivity contribution is -0.151. The van der Waals surface area contributed by atoms with Gasteiger partial charge >= 0.3 is 11.9 Å². The number of anilines is 1. The Morgan fingerprint density at radius 1 is 1.11 bits per heavy atom. The largest absolute Gasteiger partial charge is 0.462 e. The van der Waals surface area contributed by atoms with Crippen molar-refractivity contribution < 1.29 is 28.7 Å². The summed E-state index contributed by atoms with van der Waals surface area (Å²) in [5.41, 5.74) is 0.494. The van der Waals surface area contributed by atoms with Gasteiger partial charge in [-0.2, -0.15) is 0 Å². The van der Waals surface area contributed by atoms with Gasteiger partial charge in [-0.25, -0.2) is 4.79 Å². The third kappa shape index (κ3) is 6.40. The summed E-state index contributed by atoms with van der Waals surface area (Å²) in [6.07, 6.45) is 3.06. The van der Waals surface area contributed by atoms with Crippen molar-refractivity contribution >= 4 is 29.4 Å². The van der Waals surface area contributed by atoms with Crippen LogP contribution in [-0.2, 0) is 23.9 Å². The fraction of sp³-hybridized carbons (Fsp3) is 0.474. The van der Waals surface area contributed by atoms with E-state index >= 15 is 0 Å². The van der Waals surface area contributed by atoms with Gasteiger partial charge in [-0.05, 0) is 31.9 Å². The molecule has 2 amide bonds. The first-order valence-corrected chi connectivity index (χ1v) is 9.00. The van der Waals surface area contributed by atoms with Gasteiger partial charge in [-0.3, -0.25) is 14.4 Å². The molecule has 0 spiro atoms. The van der Waals surface area contributed by atoms with Gasteiger partial charge in [0.05, 0.1) is 17.9 Å². The predicted molar refractivity (Wildman–Crippen MR) is 97.0 cm³/mol. The summed E-state index contributed by atoms with van der Waals surface area (Å²) in [6, 6.07) is 6.40. The van der Waals surface area contributed by atoms with Crippen LogP contribution in [0.1, 0.15) is 43.0 Å². The molecule has 0 radical (unpaired) electrons. The van der Waals surface area contributed by atoms with Crippen LogP contribution < -0.4 is 5.32 Å². The number of hydrogen-bond donors (Lipinski definition) is 1. The van der Waals surface area contributed by atoms with Gasteiger partial charge in [0.1, 0.15) is 6.54 Å². The summed E-state index contributed by atoms with van der Waals surface area (Å²) in [6.45, 7) is 1.76. The van der Waals surface area contributed by atoms with Gasteiger partial charge in [0.15, 0.2) is 6.61 Å². The number of ether oxygens (including phenoxy) is 2. The van der Waals surface area contributed by atoms with Gasteiger partial charge in [-0.15, -0.1) is 0 Å². The SMILES string of the molecule is CCOC(=O)c1ccccc1NC(=O)COC(=O)CN1CCCCCC1=O. The first-order chi connectivity index (χ1) is 13.0. The van der Waals surface area contributed by atoms with Crippen molar-refractivity contribution in [2.24, 2.45) is 0 Å². The van der Waals surface area contributed by atoms with Crippen molar-refractivity contribution in [3.05, 3.63) is 29.8 Å². The predicted octanol–water partition coefficient (Wildman–Crippen LogP) is 1.75. The van der Waals surface area contributed by atoms with Crippen molar-refractivity contribution in [2.45, 2.75) is 32.6 Å². The highest BCUT2D eigenvalue weighted by Crippen LogP contribution is 2.16. The quantitative estimate of drug-likeness (QED) is 0.728. The molecule has 8 heteroatoms. The van der Waals surface area contributed by atoms with E-state index in [1.54, 1.807) is 25.1 Å². The monoisotopic (exact) mass is 376 g/mol. The second kappa shape index (κ2) is 10.3. The van der Waals surface area contributed by atoms with E-state index in [4.69, 9.17) is 9.47 Å². The topological polar surface area (TPSA) is 102 Å². The molecule has 1 aliphatic heterocycles. The van der Waals surface area contributed by atoms with Crippen molar-refractivity contribution in [2.75, 3.05) is 31.6 Å². The Hall–Kier alpha value is -2.90. The Balaban J connectivity index is 1.85. The van der Waals surface area contributed by atoms with Crippen molar-refractivity contribution in [3.8, 4) is 0 Å². The zero-order chi connectivity index (χ0) is 19.6. The third-order valence-electron chi connectivity index (χ3n) is 4.05. The maximum Gasteiger partial charge on any atom is 0.340 e. The summed E-state index contributed by atoms with van der Waals surface area (Å²) in [5.74, 6) is -1.84. The second-order valence-corrected chi connectivity index (χ2v) is 6.10. The van der Waals surface area contributed by atoms with E-state index in [1.807, 2.05) is 0 Å². The first kappa shape index (κ1) is 20.4. The number of nitrogens with zero attached hydrogens (tertiary/aromatic N) is 1. The molecule has 1 aromatic carbocycles. The van der Waals surface area contributed by atoms with E-state index in [0.29, 0.717) is 13.0 Å². The summed E-state index contributed by atoms with van der Waals surface area (Å²) < 4.78 is 9.89. The van der Waals surface area contributed by atoms with Crippen LogP contribution in [0.2, 0.25) is 0 Å². The fourth-order valence-electron chi connectivity index (χ4n) is 2.72. The van der Waals surface area contributed by atoms with Crippen LogP contribution in [0.15, 0.2) is 24.3 Å². The van der Waals surface area contributed by atoms with E-state index in [-0.39, 0.29) is 30.3 Å². The molecule has 2 rings (SSSR count). The molecule has 0 aromatic heterocycles. The van der Waals surface area contributed by atoms with E-state index in [0.717, 1.165) is 19.3 Å². The molecule has 1 aliphatic rings. The number of rotatable bonds is 7. The lowest BCUT2D eigenvalue weighted by atomic mass is 10.2. The minimum absolute atomic E-state index is 0.0720. The van der Waals surface area contributed by atoms with Gasteiger partial charge in [0, 0.05) is 13.0 Å². The molecule has 1 heterocycles. The fourth-order valence-corrected chi connectivity index (χ4v) is 2.72. The highest BCUT2D eigenvalue weighted by atomic mass is 16.5. The standard InChI is InChI=1S/C19H24N2O6/c1-2-26-19(25)14-8-5-6-9-15(14)20-16(22)13-27-18(24)12-21-11-7-3-4-10-17(21)23/h5-6,8-9H,2-4,7,10-13H2,1H3,(H,20,22). The molecule has 8 nitrogen and oxygen atoms in total. The van der Waals surface area contributed by atoms with Crippen LogP contribution in [0.3, 0.4) is 0 Å². The lowest BCUT2D eigenvalue weighted by Crippen LogP contribution is -2.36. The summed E-state index contributed by atoms with van der Waals surface area (Å²) in [5, 5.41) is 2.53. The number of carbonyl (C=O) groups is 4. The maximum atomic E-state index is 12.0. The molecular formula is C19H24N2O6. The Kier molecular flexibility index (Phi) is 7.79. The molecule has 1 saturated heterocycles. The zero-order valence-corrected chi connectivity index (χ0v) is 15.4. The van der Waals surface area contributed by atoms with E-state index in [9.17, 15) is 19.2 Å². The number of benzene rings is 1. The Bertz CT molecular complexity index is 703. The lowest BCUT2D eigenvalue weighted by Gasteiger charge is -2.19. The number of hydrogen-bond acceptors (Lipinski definition) is 6. The van der Waals surface area contributed by atoms with Crippen molar-refractivity contribution in [1.82, 2.24) is 4.90 Å². The summed E-state index contributed by atoms with van der Waals surface area (Å²) in [7, 11) is 0. The molecule has 0 aliphatic carbocycles. The number of nitrogens with one attached hydrogen (secondary N) is 1. The van der Waals surface area contributed by atoms with Gasteiger partial charge < -0.3 is 19.7 Å². The van der Waals surface area contributed by atoms with E-state index in [2.05, 4.69) is 5.32 Å². The highest BCUT2D eigenvalue weighted by Gasteiger charge is 2.21. The third-order valence-corrected chi connectivity index (χ3v) is 4.05. The molecule has 0 bridgehead atoms. The number of esters is 2. The smallest absolute Gasteiger partial charge is 0.340 e. The zero-order valence-electron chi connectivity index (χ0n) is 15.4. The molecule has 27 heavy (non-hydrogen) atoms. The molecule has 1 N–H and O–H groups in total. The van der Waals surface area contributed by atoms with Gasteiger partial charge in [0.2, 0.25) is 5.91 Å². The Labute approximate surface area is 157 Å². The highest BCUT2D eigenvalue weighted by molar-refractivity contribution is 6.01. The number of amides is 2. The first-order valence-electron chi connectivity index (χ1n) is 9.00. The molecule has 0 saturated carbocycles. The van der Waals surface area contributed by atoms with Crippen LogP contribution in [0, 0.1) is 0 Å². The second-order valence-electron chi connectivity index (χ2n) is 6.10. The van der Waals surface area contributed by atoms with E-state index < -0.39 is 24.5 Å². The normalized spacial score (nSPS) is 14.3. The van der Waals surface area contributed by atoms with Crippen LogP contribution in [0.25, 0.3) is 0 Å². The Morgan fingerprint density at radius 2 is 1.89 bits per heavy atom. The number of likely N-dealkylation sites (tertiary alicyclic amines) is 1. The Morgan fingerprint density at radius 3 is 2.67 bits per heavy atom. The maximum absolute atomic E-state index is 12.0. The number of carbonyl (C=O) groups excluding carboxylic acids is 4. The molecule has 0 atom stereocenters. The molecular weight excluding hydrogens is 352 g/mol. The van der Waals surface area contributed by atoms with Gasteiger partial charge in [-0.1, -0.05) is 18.6 Å². The average molecular weight is 376 g/mol.